The number of para-hydroxylation sites is 1. The molecule has 104 valence electrons. The number of phenols is 1. The molecule has 2 aromatic rings. The van der Waals surface area contributed by atoms with Crippen molar-refractivity contribution < 1.29 is 14.6 Å². The van der Waals surface area contributed by atoms with Crippen LogP contribution in [0.3, 0.4) is 0 Å². The van der Waals surface area contributed by atoms with E-state index >= 15 is 0 Å². The Morgan fingerprint density at radius 3 is 2.50 bits per heavy atom. The van der Waals surface area contributed by atoms with Crippen molar-refractivity contribution in [3.8, 4) is 5.75 Å². The number of phenolic OH excluding ortho intramolecular Hbond substituents is 1. The second kappa shape index (κ2) is 6.10. The van der Waals surface area contributed by atoms with Gasteiger partial charge in [0.2, 0.25) is 0 Å². The summed E-state index contributed by atoms with van der Waals surface area (Å²) in [5.74, 6) is -0.605. The van der Waals surface area contributed by atoms with Crippen molar-refractivity contribution in [1.82, 2.24) is 0 Å². The summed E-state index contributed by atoms with van der Waals surface area (Å²) in [7, 11) is 1.84. The van der Waals surface area contributed by atoms with Crippen LogP contribution in [-0.2, 0) is 4.74 Å². The topological polar surface area (TPSA) is 49.8 Å². The second-order valence-corrected chi connectivity index (χ2v) is 4.29. The molecule has 4 nitrogen and oxygen atoms in total. The van der Waals surface area contributed by atoms with Crippen molar-refractivity contribution in [1.29, 1.82) is 0 Å². The van der Waals surface area contributed by atoms with Crippen LogP contribution in [0.15, 0.2) is 48.5 Å². The summed E-state index contributed by atoms with van der Waals surface area (Å²) in [6, 6.07) is 14.6. The van der Waals surface area contributed by atoms with E-state index in [9.17, 15) is 9.90 Å². The van der Waals surface area contributed by atoms with Gasteiger partial charge in [-0.2, -0.15) is 0 Å². The van der Waals surface area contributed by atoms with E-state index in [-0.39, 0.29) is 17.9 Å². The first kappa shape index (κ1) is 13.9. The van der Waals surface area contributed by atoms with E-state index in [0.29, 0.717) is 5.69 Å². The van der Waals surface area contributed by atoms with E-state index in [1.54, 1.807) is 19.1 Å². The van der Waals surface area contributed by atoms with Gasteiger partial charge >= 0.3 is 5.97 Å². The zero-order valence-corrected chi connectivity index (χ0v) is 11.5. The van der Waals surface area contributed by atoms with Gasteiger partial charge in [0.15, 0.2) is 0 Å². The molecule has 0 unspecified atom stereocenters. The van der Waals surface area contributed by atoms with Crippen molar-refractivity contribution in [2.45, 2.75) is 6.92 Å². The Kier molecular flexibility index (Phi) is 4.25. The molecule has 0 radical (unpaired) electrons. The zero-order chi connectivity index (χ0) is 14.5. The first-order valence-corrected chi connectivity index (χ1v) is 6.43. The fourth-order valence-corrected chi connectivity index (χ4v) is 2.01. The van der Waals surface area contributed by atoms with E-state index in [4.69, 9.17) is 4.74 Å². The van der Waals surface area contributed by atoms with Crippen LogP contribution in [-0.4, -0.2) is 24.7 Å². The largest absolute Gasteiger partial charge is 0.507 e. The van der Waals surface area contributed by atoms with Gasteiger partial charge in [0.05, 0.1) is 12.3 Å². The van der Waals surface area contributed by atoms with E-state index in [1.807, 2.05) is 42.3 Å². The van der Waals surface area contributed by atoms with Crippen LogP contribution in [0.25, 0.3) is 0 Å². The zero-order valence-electron chi connectivity index (χ0n) is 11.5. The predicted octanol–water partition coefficient (Wildman–Crippen LogP) is 3.34. The lowest BCUT2D eigenvalue weighted by atomic mass is 10.1. The SMILES string of the molecule is CCOC(=O)c1c(O)cccc1N(C)c1ccccc1. The fourth-order valence-electron chi connectivity index (χ4n) is 2.01. The van der Waals surface area contributed by atoms with Crippen molar-refractivity contribution in [3.63, 3.8) is 0 Å². The van der Waals surface area contributed by atoms with Crippen LogP contribution in [0.1, 0.15) is 17.3 Å². The lowest BCUT2D eigenvalue weighted by Gasteiger charge is -2.22. The van der Waals surface area contributed by atoms with Crippen LogP contribution in [0, 0.1) is 0 Å². The molecule has 0 aliphatic heterocycles. The van der Waals surface area contributed by atoms with Crippen LogP contribution in [0.4, 0.5) is 11.4 Å². The minimum absolute atomic E-state index is 0.0799. The molecule has 0 atom stereocenters. The highest BCUT2D eigenvalue weighted by molar-refractivity contribution is 5.99. The summed E-state index contributed by atoms with van der Waals surface area (Å²) in [5, 5.41) is 9.96. The number of nitrogens with zero attached hydrogens (tertiary/aromatic N) is 1. The highest BCUT2D eigenvalue weighted by Crippen LogP contribution is 2.32. The highest BCUT2D eigenvalue weighted by atomic mass is 16.5. The van der Waals surface area contributed by atoms with E-state index in [1.165, 1.54) is 6.07 Å². The first-order valence-electron chi connectivity index (χ1n) is 6.43. The summed E-state index contributed by atoms with van der Waals surface area (Å²) in [5.41, 5.74) is 1.71. The van der Waals surface area contributed by atoms with Gasteiger partial charge < -0.3 is 14.7 Å². The Bertz CT molecular complexity index is 596. The fraction of sp³-hybridized carbons (Fsp3) is 0.188. The van der Waals surface area contributed by atoms with Crippen molar-refractivity contribution in [2.75, 3.05) is 18.6 Å². The molecule has 1 N–H and O–H groups in total. The van der Waals surface area contributed by atoms with Crippen LogP contribution >= 0.6 is 0 Å². The van der Waals surface area contributed by atoms with Gasteiger partial charge in [-0.3, -0.25) is 0 Å². The Morgan fingerprint density at radius 2 is 1.85 bits per heavy atom. The van der Waals surface area contributed by atoms with Gasteiger partial charge in [0, 0.05) is 12.7 Å². The van der Waals surface area contributed by atoms with Gasteiger partial charge in [0.1, 0.15) is 11.3 Å². The average Bonchev–Trinajstić information content (AvgIpc) is 2.47. The molecule has 0 aliphatic rings. The number of hydrogen-bond acceptors (Lipinski definition) is 4. The van der Waals surface area contributed by atoms with Gasteiger partial charge in [-0.1, -0.05) is 24.3 Å². The molecule has 4 heteroatoms. The number of carbonyl (C=O) groups excluding carboxylic acids is 1. The molecule has 0 fully saturated rings. The number of aromatic hydroxyl groups is 1. The third-order valence-electron chi connectivity index (χ3n) is 3.00. The predicted molar refractivity (Wildman–Crippen MR) is 78.6 cm³/mol. The molecule has 0 spiro atoms. The number of benzene rings is 2. The summed E-state index contributed by atoms with van der Waals surface area (Å²) in [6.45, 7) is 2.00. The Hall–Kier alpha value is -2.49. The van der Waals surface area contributed by atoms with Crippen molar-refractivity contribution >= 4 is 17.3 Å². The average molecular weight is 271 g/mol. The lowest BCUT2D eigenvalue weighted by Crippen LogP contribution is -2.15. The molecule has 0 amide bonds. The Morgan fingerprint density at radius 1 is 1.15 bits per heavy atom. The van der Waals surface area contributed by atoms with Crippen LogP contribution in [0.2, 0.25) is 0 Å². The molecule has 0 heterocycles. The first-order chi connectivity index (χ1) is 9.65. The molecule has 2 aromatic carbocycles. The monoisotopic (exact) mass is 271 g/mol. The molecule has 2 rings (SSSR count). The molecule has 0 saturated heterocycles. The highest BCUT2D eigenvalue weighted by Gasteiger charge is 2.20. The molecule has 0 saturated carbocycles. The van der Waals surface area contributed by atoms with Crippen molar-refractivity contribution in [2.24, 2.45) is 0 Å². The maximum Gasteiger partial charge on any atom is 0.344 e. The number of anilines is 2. The van der Waals surface area contributed by atoms with E-state index < -0.39 is 5.97 Å². The minimum Gasteiger partial charge on any atom is -0.507 e. The summed E-state index contributed by atoms with van der Waals surface area (Å²) >= 11 is 0. The Balaban J connectivity index is 2.46. The third-order valence-corrected chi connectivity index (χ3v) is 3.00. The smallest absolute Gasteiger partial charge is 0.344 e. The number of carbonyl (C=O) groups is 1. The molecule has 20 heavy (non-hydrogen) atoms. The van der Waals surface area contributed by atoms with Gasteiger partial charge in [-0.15, -0.1) is 0 Å². The Labute approximate surface area is 118 Å². The number of hydrogen-bond donors (Lipinski definition) is 1. The molecular weight excluding hydrogens is 254 g/mol. The standard InChI is InChI=1S/C16H17NO3/c1-3-20-16(19)15-13(10-7-11-14(15)18)17(2)12-8-5-4-6-9-12/h4-11,18H,3H2,1-2H3. The van der Waals surface area contributed by atoms with Gasteiger partial charge in [-0.25, -0.2) is 4.79 Å². The van der Waals surface area contributed by atoms with Crippen LogP contribution in [0.5, 0.6) is 5.75 Å². The molecule has 0 aromatic heterocycles. The van der Waals surface area contributed by atoms with Gasteiger partial charge in [0.25, 0.3) is 0 Å². The number of rotatable bonds is 4. The summed E-state index contributed by atoms with van der Waals surface area (Å²) in [4.78, 5) is 13.9. The maximum atomic E-state index is 12.0. The maximum absolute atomic E-state index is 12.0. The van der Waals surface area contributed by atoms with Crippen LogP contribution < -0.4 is 4.90 Å². The normalized spacial score (nSPS) is 10.1. The second-order valence-electron chi connectivity index (χ2n) is 4.29. The minimum atomic E-state index is -0.525. The molecular formula is C16H17NO3. The van der Waals surface area contributed by atoms with Gasteiger partial charge in [-0.05, 0) is 31.2 Å². The van der Waals surface area contributed by atoms with E-state index in [2.05, 4.69) is 0 Å². The molecule has 0 bridgehead atoms. The quantitative estimate of drug-likeness (QED) is 0.866. The summed E-state index contributed by atoms with van der Waals surface area (Å²) < 4.78 is 5.01. The molecule has 0 aliphatic carbocycles. The lowest BCUT2D eigenvalue weighted by molar-refractivity contribution is 0.0524. The number of esters is 1. The summed E-state index contributed by atoms with van der Waals surface area (Å²) in [6.07, 6.45) is 0. The number of ether oxygens (including phenoxy) is 1. The third kappa shape index (κ3) is 2.74. The van der Waals surface area contributed by atoms with Crippen molar-refractivity contribution in [3.05, 3.63) is 54.1 Å². The van der Waals surface area contributed by atoms with E-state index in [0.717, 1.165) is 5.69 Å².